The predicted octanol–water partition coefficient (Wildman–Crippen LogP) is 3.38. The Kier molecular flexibility index (Phi) is 5.45. The molecule has 0 aliphatic carbocycles. The Balaban J connectivity index is 1.97. The van der Waals surface area contributed by atoms with Crippen LogP contribution in [0.25, 0.3) is 10.9 Å². The molecule has 0 aliphatic heterocycles. The van der Waals surface area contributed by atoms with Gasteiger partial charge >= 0.3 is 0 Å². The summed E-state index contributed by atoms with van der Waals surface area (Å²) in [6, 6.07) is 16.2. The first-order chi connectivity index (χ1) is 12.6. The molecule has 2 aromatic carbocycles. The highest BCUT2D eigenvalue weighted by molar-refractivity contribution is 5.89. The monoisotopic (exact) mass is 345 g/mol. The number of benzene rings is 2. The molecule has 0 radical (unpaired) electrons. The van der Waals surface area contributed by atoms with Gasteiger partial charge < -0.3 is 9.80 Å². The van der Waals surface area contributed by atoms with E-state index in [9.17, 15) is 0 Å². The molecule has 26 heavy (non-hydrogen) atoms. The van der Waals surface area contributed by atoms with E-state index in [2.05, 4.69) is 59.0 Å². The first-order valence-corrected chi connectivity index (χ1v) is 8.67. The smallest absolute Gasteiger partial charge is 0.140 e. The highest BCUT2D eigenvalue weighted by Gasteiger charge is 2.14. The van der Waals surface area contributed by atoms with Crippen LogP contribution in [-0.2, 0) is 6.54 Å². The van der Waals surface area contributed by atoms with Gasteiger partial charge in [-0.1, -0.05) is 23.8 Å². The van der Waals surface area contributed by atoms with Crippen molar-refractivity contribution in [1.29, 1.82) is 5.26 Å². The van der Waals surface area contributed by atoms with Crippen LogP contribution in [0.1, 0.15) is 16.7 Å². The summed E-state index contributed by atoms with van der Waals surface area (Å²) in [5.74, 6) is 0.949. The molecule has 5 heteroatoms. The molecule has 0 fully saturated rings. The molecule has 1 aromatic heterocycles. The fourth-order valence-corrected chi connectivity index (χ4v) is 2.89. The Morgan fingerprint density at radius 2 is 1.77 bits per heavy atom. The van der Waals surface area contributed by atoms with Crippen LogP contribution in [0.3, 0.4) is 0 Å². The lowest BCUT2D eigenvalue weighted by atomic mass is 10.1. The molecule has 0 unspecified atom stereocenters. The molecular weight excluding hydrogens is 322 g/mol. The van der Waals surface area contributed by atoms with Crippen molar-refractivity contribution in [2.24, 2.45) is 0 Å². The van der Waals surface area contributed by atoms with Crippen molar-refractivity contribution < 1.29 is 0 Å². The number of fused-ring (bicyclic) bond motifs is 1. The lowest BCUT2D eigenvalue weighted by Crippen LogP contribution is -2.32. The van der Waals surface area contributed by atoms with Gasteiger partial charge in [0.25, 0.3) is 0 Å². The molecule has 0 spiro atoms. The van der Waals surface area contributed by atoms with E-state index in [1.807, 2.05) is 30.3 Å². The zero-order valence-corrected chi connectivity index (χ0v) is 15.5. The number of likely N-dealkylation sites (N-methyl/N-ethyl adjacent to an activating group) is 1. The van der Waals surface area contributed by atoms with Crippen molar-refractivity contribution in [3.63, 3.8) is 0 Å². The van der Waals surface area contributed by atoms with Gasteiger partial charge in [-0.05, 0) is 50.8 Å². The summed E-state index contributed by atoms with van der Waals surface area (Å²) < 4.78 is 0. The van der Waals surface area contributed by atoms with E-state index in [-0.39, 0.29) is 0 Å². The van der Waals surface area contributed by atoms with E-state index in [0.29, 0.717) is 5.56 Å². The van der Waals surface area contributed by atoms with Crippen LogP contribution in [0.2, 0.25) is 0 Å². The minimum Gasteiger partial charge on any atom is -0.350 e. The summed E-state index contributed by atoms with van der Waals surface area (Å²) in [6.45, 7) is 4.60. The molecule has 3 aromatic rings. The fourth-order valence-electron chi connectivity index (χ4n) is 2.89. The number of nitrogens with zero attached hydrogens (tertiary/aromatic N) is 5. The van der Waals surface area contributed by atoms with Gasteiger partial charge in [-0.25, -0.2) is 9.97 Å². The highest BCUT2D eigenvalue weighted by Crippen LogP contribution is 2.25. The fraction of sp³-hybridized carbons (Fsp3) is 0.286. The van der Waals surface area contributed by atoms with Crippen molar-refractivity contribution in [3.8, 4) is 6.07 Å². The molecule has 0 aliphatic rings. The minimum absolute atomic E-state index is 0.678. The van der Waals surface area contributed by atoms with Crippen LogP contribution in [-0.4, -0.2) is 42.1 Å². The van der Waals surface area contributed by atoms with Gasteiger partial charge in [0.1, 0.15) is 12.1 Å². The van der Waals surface area contributed by atoms with E-state index in [1.165, 1.54) is 5.56 Å². The Labute approximate surface area is 154 Å². The second-order valence-corrected chi connectivity index (χ2v) is 6.75. The Hall–Kier alpha value is -2.97. The number of hydrogen-bond donors (Lipinski definition) is 0. The molecule has 1 heterocycles. The zero-order valence-electron chi connectivity index (χ0n) is 15.5. The van der Waals surface area contributed by atoms with Crippen molar-refractivity contribution in [2.75, 3.05) is 32.1 Å². The summed E-state index contributed by atoms with van der Waals surface area (Å²) in [5, 5.41) is 10.1. The van der Waals surface area contributed by atoms with E-state index < -0.39 is 0 Å². The summed E-state index contributed by atoms with van der Waals surface area (Å²) >= 11 is 0. The lowest BCUT2D eigenvalue weighted by Gasteiger charge is -2.26. The third kappa shape index (κ3) is 4.16. The molecule has 0 atom stereocenters. The number of hydrogen-bond acceptors (Lipinski definition) is 5. The van der Waals surface area contributed by atoms with E-state index in [0.717, 1.165) is 41.9 Å². The SMILES string of the molecule is Cc1ccc2ncnc(N(CCN(C)C)Cc3ccc(C#N)cc3)c2c1. The standard InChI is InChI=1S/C21H23N5/c1-16-4-9-20-19(12-16)21(24-15-23-20)26(11-10-25(2)3)14-18-7-5-17(13-22)6-8-18/h4-9,12,15H,10-11,14H2,1-3H3. The van der Waals surface area contributed by atoms with Crippen molar-refractivity contribution in [1.82, 2.24) is 14.9 Å². The van der Waals surface area contributed by atoms with Gasteiger partial charge in [-0.15, -0.1) is 0 Å². The first-order valence-electron chi connectivity index (χ1n) is 8.67. The molecule has 0 bridgehead atoms. The largest absolute Gasteiger partial charge is 0.350 e. The van der Waals surface area contributed by atoms with Crippen LogP contribution < -0.4 is 4.90 Å². The van der Waals surface area contributed by atoms with Crippen LogP contribution in [0.5, 0.6) is 0 Å². The Morgan fingerprint density at radius 1 is 1.00 bits per heavy atom. The lowest BCUT2D eigenvalue weighted by molar-refractivity contribution is 0.412. The summed E-state index contributed by atoms with van der Waals surface area (Å²) in [5.41, 5.74) is 3.98. The molecule has 0 N–H and O–H groups in total. The zero-order chi connectivity index (χ0) is 18.5. The van der Waals surface area contributed by atoms with Crippen molar-refractivity contribution in [3.05, 3.63) is 65.5 Å². The second-order valence-electron chi connectivity index (χ2n) is 6.75. The van der Waals surface area contributed by atoms with Crippen molar-refractivity contribution >= 4 is 16.7 Å². The van der Waals surface area contributed by atoms with Gasteiger partial charge in [0.2, 0.25) is 0 Å². The van der Waals surface area contributed by atoms with Crippen LogP contribution >= 0.6 is 0 Å². The number of rotatable bonds is 6. The highest BCUT2D eigenvalue weighted by atomic mass is 15.2. The van der Waals surface area contributed by atoms with Gasteiger partial charge in [-0.2, -0.15) is 5.26 Å². The average Bonchev–Trinajstić information content (AvgIpc) is 2.65. The number of nitriles is 1. The van der Waals surface area contributed by atoms with E-state index in [1.54, 1.807) is 6.33 Å². The number of aromatic nitrogens is 2. The van der Waals surface area contributed by atoms with Gasteiger partial charge in [0.15, 0.2) is 0 Å². The second kappa shape index (κ2) is 7.94. The molecule has 5 nitrogen and oxygen atoms in total. The van der Waals surface area contributed by atoms with Gasteiger partial charge in [0.05, 0.1) is 17.1 Å². The molecule has 0 amide bonds. The Bertz CT molecular complexity index is 925. The van der Waals surface area contributed by atoms with Crippen LogP contribution in [0.15, 0.2) is 48.8 Å². The van der Waals surface area contributed by atoms with Gasteiger partial charge in [-0.3, -0.25) is 0 Å². The minimum atomic E-state index is 0.678. The van der Waals surface area contributed by atoms with E-state index in [4.69, 9.17) is 5.26 Å². The number of aryl methyl sites for hydroxylation is 1. The van der Waals surface area contributed by atoms with Crippen LogP contribution in [0, 0.1) is 18.3 Å². The van der Waals surface area contributed by atoms with E-state index >= 15 is 0 Å². The normalized spacial score (nSPS) is 10.9. The Morgan fingerprint density at radius 3 is 2.46 bits per heavy atom. The maximum absolute atomic E-state index is 9.00. The molecule has 132 valence electrons. The number of anilines is 1. The first kappa shape index (κ1) is 17.8. The molecule has 3 rings (SSSR count). The topological polar surface area (TPSA) is 56.1 Å². The van der Waals surface area contributed by atoms with Crippen molar-refractivity contribution in [2.45, 2.75) is 13.5 Å². The summed E-state index contributed by atoms with van der Waals surface area (Å²) in [7, 11) is 4.14. The summed E-state index contributed by atoms with van der Waals surface area (Å²) in [4.78, 5) is 13.5. The quantitative estimate of drug-likeness (QED) is 0.685. The third-order valence-corrected chi connectivity index (χ3v) is 4.34. The predicted molar refractivity (Wildman–Crippen MR) is 105 cm³/mol. The molecule has 0 saturated carbocycles. The average molecular weight is 345 g/mol. The molecular formula is C21H23N5. The maximum Gasteiger partial charge on any atom is 0.140 e. The van der Waals surface area contributed by atoms with Gasteiger partial charge in [0, 0.05) is 25.0 Å². The maximum atomic E-state index is 9.00. The summed E-state index contributed by atoms with van der Waals surface area (Å²) in [6.07, 6.45) is 1.63. The van der Waals surface area contributed by atoms with Crippen LogP contribution in [0.4, 0.5) is 5.82 Å². The molecule has 0 saturated heterocycles. The third-order valence-electron chi connectivity index (χ3n) is 4.34.